The van der Waals surface area contributed by atoms with Gasteiger partial charge in [0.1, 0.15) is 0 Å². The lowest BCUT2D eigenvalue weighted by Crippen LogP contribution is -2.38. The Morgan fingerprint density at radius 2 is 1.78 bits per heavy atom. The van der Waals surface area contributed by atoms with Crippen LogP contribution in [0.25, 0.3) is 0 Å². The molecule has 1 amide bonds. The molecule has 0 atom stereocenters. The first-order chi connectivity index (χ1) is 13.3. The molecule has 2 aliphatic heterocycles. The molecule has 0 radical (unpaired) electrons. The zero-order chi connectivity index (χ0) is 18.5. The summed E-state index contributed by atoms with van der Waals surface area (Å²) in [6, 6.07) is 10.3. The highest BCUT2D eigenvalue weighted by Crippen LogP contribution is 2.25. The van der Waals surface area contributed by atoms with E-state index in [1.54, 1.807) is 0 Å². The van der Waals surface area contributed by atoms with Gasteiger partial charge in [0.05, 0.1) is 25.5 Å². The average Bonchev–Trinajstić information content (AvgIpc) is 3.38. The Bertz CT molecular complexity index is 755. The summed E-state index contributed by atoms with van der Waals surface area (Å²) in [7, 11) is 0. The number of rotatable bonds is 6. The predicted molar refractivity (Wildman–Crippen MR) is 105 cm³/mol. The third-order valence-electron chi connectivity index (χ3n) is 4.96. The van der Waals surface area contributed by atoms with Crippen molar-refractivity contribution in [2.75, 3.05) is 50.0 Å². The minimum atomic E-state index is 0.194. The van der Waals surface area contributed by atoms with Gasteiger partial charge in [0, 0.05) is 26.2 Å². The number of ether oxygens (including phenoxy) is 1. The maximum atomic E-state index is 12.4. The van der Waals surface area contributed by atoms with E-state index < -0.39 is 0 Å². The van der Waals surface area contributed by atoms with Gasteiger partial charge in [-0.3, -0.25) is 9.36 Å². The molecule has 0 unspecified atom stereocenters. The standard InChI is InChI=1S/C19H25N5O2S/c25-17(22-8-4-5-9-22)15-27-19-21-20-18(23-10-12-26-13-11-23)24(19)14-16-6-2-1-3-7-16/h1-3,6-7H,4-5,8-15H2. The van der Waals surface area contributed by atoms with Gasteiger partial charge in [0.2, 0.25) is 11.9 Å². The molecule has 1 aromatic carbocycles. The predicted octanol–water partition coefficient (Wildman–Crippen LogP) is 1.88. The number of carbonyl (C=O) groups is 1. The Hall–Kier alpha value is -2.06. The van der Waals surface area contributed by atoms with E-state index in [0.717, 1.165) is 50.1 Å². The minimum Gasteiger partial charge on any atom is -0.378 e. The van der Waals surface area contributed by atoms with Crippen LogP contribution >= 0.6 is 11.8 Å². The molecule has 4 rings (SSSR count). The molecule has 2 aromatic rings. The van der Waals surface area contributed by atoms with Crippen LogP contribution < -0.4 is 4.90 Å². The van der Waals surface area contributed by atoms with Crippen LogP contribution in [0.15, 0.2) is 35.5 Å². The second kappa shape index (κ2) is 8.75. The van der Waals surface area contributed by atoms with Crippen LogP contribution in [0.5, 0.6) is 0 Å². The van der Waals surface area contributed by atoms with Gasteiger partial charge >= 0.3 is 0 Å². The molecule has 2 aliphatic rings. The van der Waals surface area contributed by atoms with Crippen LogP contribution in [0, 0.1) is 0 Å². The van der Waals surface area contributed by atoms with Crippen molar-refractivity contribution in [2.45, 2.75) is 24.5 Å². The highest BCUT2D eigenvalue weighted by molar-refractivity contribution is 7.99. The summed E-state index contributed by atoms with van der Waals surface area (Å²) in [5.41, 5.74) is 1.19. The van der Waals surface area contributed by atoms with Gasteiger partial charge < -0.3 is 14.5 Å². The summed E-state index contributed by atoms with van der Waals surface area (Å²) in [5.74, 6) is 1.47. The largest absolute Gasteiger partial charge is 0.378 e. The third-order valence-corrected chi connectivity index (χ3v) is 5.91. The molecular formula is C19H25N5O2S. The Labute approximate surface area is 163 Å². The fraction of sp³-hybridized carbons (Fsp3) is 0.526. The third kappa shape index (κ3) is 4.44. The summed E-state index contributed by atoms with van der Waals surface area (Å²) >= 11 is 1.49. The lowest BCUT2D eigenvalue weighted by Gasteiger charge is -2.28. The Morgan fingerprint density at radius 1 is 1.04 bits per heavy atom. The molecule has 7 nitrogen and oxygen atoms in total. The maximum absolute atomic E-state index is 12.4. The quantitative estimate of drug-likeness (QED) is 0.705. The first-order valence-corrected chi connectivity index (χ1v) is 10.5. The molecule has 0 bridgehead atoms. The van der Waals surface area contributed by atoms with Crippen molar-refractivity contribution in [1.82, 2.24) is 19.7 Å². The second-order valence-electron chi connectivity index (χ2n) is 6.83. The molecule has 8 heteroatoms. The maximum Gasteiger partial charge on any atom is 0.233 e. The van der Waals surface area contributed by atoms with Crippen molar-refractivity contribution in [3.63, 3.8) is 0 Å². The fourth-order valence-electron chi connectivity index (χ4n) is 3.47. The van der Waals surface area contributed by atoms with Gasteiger partial charge in [-0.1, -0.05) is 42.1 Å². The summed E-state index contributed by atoms with van der Waals surface area (Å²) in [5, 5.41) is 9.66. The average molecular weight is 388 g/mol. The first-order valence-electron chi connectivity index (χ1n) is 9.51. The lowest BCUT2D eigenvalue weighted by molar-refractivity contribution is -0.127. The summed E-state index contributed by atoms with van der Waals surface area (Å²) in [6.45, 7) is 5.49. The highest BCUT2D eigenvalue weighted by atomic mass is 32.2. The zero-order valence-electron chi connectivity index (χ0n) is 15.4. The van der Waals surface area contributed by atoms with Crippen LogP contribution in [-0.4, -0.2) is 70.7 Å². The molecule has 27 heavy (non-hydrogen) atoms. The topological polar surface area (TPSA) is 63.5 Å². The van der Waals surface area contributed by atoms with E-state index >= 15 is 0 Å². The molecule has 0 N–H and O–H groups in total. The number of carbonyl (C=O) groups excluding carboxylic acids is 1. The monoisotopic (exact) mass is 387 g/mol. The van der Waals surface area contributed by atoms with E-state index in [0.29, 0.717) is 25.5 Å². The van der Waals surface area contributed by atoms with E-state index in [1.807, 2.05) is 23.1 Å². The number of thioether (sulfide) groups is 1. The van der Waals surface area contributed by atoms with E-state index in [-0.39, 0.29) is 5.91 Å². The minimum absolute atomic E-state index is 0.194. The molecule has 0 spiro atoms. The van der Waals surface area contributed by atoms with Crippen molar-refractivity contribution in [3.8, 4) is 0 Å². The number of hydrogen-bond acceptors (Lipinski definition) is 6. The normalized spacial score (nSPS) is 17.5. The van der Waals surface area contributed by atoms with Gasteiger partial charge in [0.15, 0.2) is 5.16 Å². The van der Waals surface area contributed by atoms with Crippen molar-refractivity contribution in [1.29, 1.82) is 0 Å². The summed E-state index contributed by atoms with van der Waals surface area (Å²) < 4.78 is 7.60. The van der Waals surface area contributed by atoms with E-state index in [2.05, 4.69) is 31.8 Å². The Balaban J connectivity index is 1.52. The molecule has 144 valence electrons. The Morgan fingerprint density at radius 3 is 2.52 bits per heavy atom. The van der Waals surface area contributed by atoms with E-state index in [4.69, 9.17) is 4.74 Å². The second-order valence-corrected chi connectivity index (χ2v) is 7.77. The van der Waals surface area contributed by atoms with Crippen LogP contribution in [-0.2, 0) is 16.1 Å². The number of nitrogens with zero attached hydrogens (tertiary/aromatic N) is 5. The van der Waals surface area contributed by atoms with Crippen molar-refractivity contribution < 1.29 is 9.53 Å². The van der Waals surface area contributed by atoms with E-state index in [1.165, 1.54) is 17.3 Å². The fourth-order valence-corrected chi connectivity index (χ4v) is 4.31. The van der Waals surface area contributed by atoms with Crippen molar-refractivity contribution >= 4 is 23.6 Å². The number of benzene rings is 1. The molecule has 0 saturated carbocycles. The number of likely N-dealkylation sites (tertiary alicyclic amines) is 1. The van der Waals surface area contributed by atoms with Crippen LogP contribution in [0.4, 0.5) is 5.95 Å². The van der Waals surface area contributed by atoms with Gasteiger partial charge in [-0.2, -0.15) is 0 Å². The van der Waals surface area contributed by atoms with Crippen LogP contribution in [0.2, 0.25) is 0 Å². The molecular weight excluding hydrogens is 362 g/mol. The molecule has 2 saturated heterocycles. The summed E-state index contributed by atoms with van der Waals surface area (Å²) in [4.78, 5) is 16.6. The number of amides is 1. The van der Waals surface area contributed by atoms with Gasteiger partial charge in [0.25, 0.3) is 0 Å². The lowest BCUT2D eigenvalue weighted by atomic mass is 10.2. The van der Waals surface area contributed by atoms with Crippen molar-refractivity contribution in [2.24, 2.45) is 0 Å². The SMILES string of the molecule is O=C(CSc1nnc(N2CCOCC2)n1Cc1ccccc1)N1CCCC1. The smallest absolute Gasteiger partial charge is 0.233 e. The van der Waals surface area contributed by atoms with Crippen LogP contribution in [0.1, 0.15) is 18.4 Å². The van der Waals surface area contributed by atoms with Crippen LogP contribution in [0.3, 0.4) is 0 Å². The highest BCUT2D eigenvalue weighted by Gasteiger charge is 2.23. The van der Waals surface area contributed by atoms with Gasteiger partial charge in [-0.15, -0.1) is 10.2 Å². The van der Waals surface area contributed by atoms with Crippen molar-refractivity contribution in [3.05, 3.63) is 35.9 Å². The molecule has 3 heterocycles. The van der Waals surface area contributed by atoms with Gasteiger partial charge in [-0.05, 0) is 18.4 Å². The number of aromatic nitrogens is 3. The van der Waals surface area contributed by atoms with E-state index in [9.17, 15) is 4.79 Å². The summed E-state index contributed by atoms with van der Waals surface area (Å²) in [6.07, 6.45) is 2.23. The number of anilines is 1. The van der Waals surface area contributed by atoms with Gasteiger partial charge in [-0.25, -0.2) is 0 Å². The molecule has 0 aliphatic carbocycles. The first kappa shape index (κ1) is 18.3. The Kier molecular flexibility index (Phi) is 5.94. The molecule has 1 aromatic heterocycles. The molecule has 2 fully saturated rings. The number of morpholine rings is 1. The zero-order valence-corrected chi connectivity index (χ0v) is 16.2. The number of hydrogen-bond donors (Lipinski definition) is 0.